The van der Waals surface area contributed by atoms with Crippen molar-refractivity contribution in [2.45, 2.75) is 6.92 Å². The van der Waals surface area contributed by atoms with Gasteiger partial charge in [-0.25, -0.2) is 0 Å². The molecule has 0 N–H and O–H groups in total. The molecule has 88 valence electrons. The Bertz CT molecular complexity index is 434. The Morgan fingerprint density at radius 2 is 1.29 bits per heavy atom. The quantitative estimate of drug-likeness (QED) is 0.719. The van der Waals surface area contributed by atoms with E-state index < -0.39 is 7.26 Å². The van der Waals surface area contributed by atoms with Gasteiger partial charge in [0.2, 0.25) is 0 Å². The van der Waals surface area contributed by atoms with E-state index in [4.69, 9.17) is 0 Å². The maximum absolute atomic E-state index is 4.12. The Labute approximate surface area is 104 Å². The minimum atomic E-state index is -1.73. The zero-order chi connectivity index (χ0) is 12.1. The van der Waals surface area contributed by atoms with Crippen LogP contribution >= 0.6 is 7.26 Å². The average molecular weight is 242 g/mol. The van der Waals surface area contributed by atoms with Crippen molar-refractivity contribution in [3.8, 4) is 0 Å². The van der Waals surface area contributed by atoms with Gasteiger partial charge in [-0.1, -0.05) is 0 Å². The second-order valence-corrected chi connectivity index (χ2v) is 8.47. The van der Waals surface area contributed by atoms with E-state index in [2.05, 4.69) is 80.0 Å². The Kier molecular flexibility index (Phi) is 3.76. The molecule has 0 saturated carbocycles. The average Bonchev–Trinajstić information content (AvgIpc) is 2.43. The first-order valence-corrected chi connectivity index (χ1v) is 8.36. The van der Waals surface area contributed by atoms with Crippen LogP contribution in [0, 0.1) is 0 Å². The van der Waals surface area contributed by atoms with Crippen LogP contribution in [-0.4, -0.2) is 6.16 Å². The molecule has 0 nitrogen and oxygen atoms in total. The van der Waals surface area contributed by atoms with E-state index in [9.17, 15) is 0 Å². The fraction of sp³-hybridized carbons (Fsp3) is 0.125. The zero-order valence-electron chi connectivity index (χ0n) is 10.3. The van der Waals surface area contributed by atoms with E-state index in [1.54, 1.807) is 0 Å². The second-order valence-electron chi connectivity index (χ2n) is 4.26. The molecule has 0 saturated heterocycles. The van der Waals surface area contributed by atoms with Gasteiger partial charge in [-0.2, -0.15) is 0 Å². The van der Waals surface area contributed by atoms with Gasteiger partial charge in [-0.3, -0.25) is 0 Å². The van der Waals surface area contributed by atoms with Crippen molar-refractivity contribution < 1.29 is 0 Å². The van der Waals surface area contributed by atoms with Crippen molar-refractivity contribution >= 4 is 17.9 Å². The summed E-state index contributed by atoms with van der Waals surface area (Å²) in [7, 11) is -1.73. The van der Waals surface area contributed by atoms with Crippen LogP contribution in [0.3, 0.4) is 0 Å². The van der Waals surface area contributed by atoms with Gasteiger partial charge in [0.15, 0.2) is 0 Å². The van der Waals surface area contributed by atoms with Crippen LogP contribution in [-0.2, 0) is 0 Å². The van der Waals surface area contributed by atoms with Gasteiger partial charge in [0.05, 0.1) is 0 Å². The van der Waals surface area contributed by atoms with Crippen molar-refractivity contribution in [2.75, 3.05) is 6.16 Å². The number of benzene rings is 2. The van der Waals surface area contributed by atoms with Gasteiger partial charge in [0, 0.05) is 0 Å². The molecule has 0 bridgehead atoms. The summed E-state index contributed by atoms with van der Waals surface area (Å²) in [5.74, 6) is 2.21. The van der Waals surface area contributed by atoms with Gasteiger partial charge in [0.1, 0.15) is 0 Å². The van der Waals surface area contributed by atoms with Crippen LogP contribution in [0.25, 0.3) is 0 Å². The van der Waals surface area contributed by atoms with Crippen molar-refractivity contribution in [1.82, 2.24) is 0 Å². The molecule has 2 aromatic rings. The van der Waals surface area contributed by atoms with Gasteiger partial charge in [-0.15, -0.1) is 0 Å². The monoisotopic (exact) mass is 242 g/mol. The van der Waals surface area contributed by atoms with E-state index in [0.29, 0.717) is 0 Å². The molecule has 0 radical (unpaired) electrons. The summed E-state index contributed by atoms with van der Waals surface area (Å²) in [6.45, 7) is 6.39. The molecule has 0 aliphatic carbocycles. The molecular weight excluding hydrogens is 223 g/mol. The van der Waals surface area contributed by atoms with Gasteiger partial charge in [-0.05, 0) is 0 Å². The summed E-state index contributed by atoms with van der Waals surface area (Å²) in [5, 5.41) is 2.90. The third-order valence-corrected chi connectivity index (χ3v) is 8.02. The van der Waals surface area contributed by atoms with Gasteiger partial charge >= 0.3 is 104 Å². The molecular formula is C16H19P. The van der Waals surface area contributed by atoms with Crippen LogP contribution in [0.2, 0.25) is 0 Å². The Morgan fingerprint density at radius 3 is 1.59 bits per heavy atom. The van der Waals surface area contributed by atoms with E-state index in [-0.39, 0.29) is 0 Å². The number of hydrogen-bond donors (Lipinski definition) is 0. The predicted octanol–water partition coefficient (Wildman–Crippen LogP) is 3.55. The molecule has 17 heavy (non-hydrogen) atoms. The van der Waals surface area contributed by atoms with Crippen LogP contribution in [0.4, 0.5) is 0 Å². The molecule has 0 aromatic heterocycles. The number of rotatable bonds is 4. The fourth-order valence-corrected chi connectivity index (χ4v) is 5.91. The molecule has 0 aliphatic rings. The molecule has 0 atom stereocenters. The standard InChI is InChI=1S/C16H19P/c1-3-17(4-2,15-11-7-5-8-12-15)16-13-9-6-10-14-16/h3,5-14,17H,1,4H2,2H3. The summed E-state index contributed by atoms with van der Waals surface area (Å²) >= 11 is 0. The topological polar surface area (TPSA) is 0 Å². The fourth-order valence-electron chi connectivity index (χ4n) is 2.43. The third-order valence-electron chi connectivity index (χ3n) is 3.48. The molecule has 1 heteroatoms. The summed E-state index contributed by atoms with van der Waals surface area (Å²) in [5.41, 5.74) is 0. The number of hydrogen-bond acceptors (Lipinski definition) is 0. The van der Waals surface area contributed by atoms with Crippen molar-refractivity contribution in [1.29, 1.82) is 0 Å². The van der Waals surface area contributed by atoms with Crippen molar-refractivity contribution in [3.05, 3.63) is 73.1 Å². The summed E-state index contributed by atoms with van der Waals surface area (Å²) < 4.78 is 0. The molecule has 0 spiro atoms. The molecule has 0 heterocycles. The SMILES string of the molecule is C=C[PH](CC)(c1ccccc1)c1ccccc1. The molecule has 0 amide bonds. The molecule has 2 rings (SSSR count). The first-order valence-electron chi connectivity index (χ1n) is 6.08. The van der Waals surface area contributed by atoms with Crippen LogP contribution in [0.15, 0.2) is 73.1 Å². The Hall–Kier alpha value is -1.39. The van der Waals surface area contributed by atoms with E-state index in [1.807, 2.05) is 0 Å². The van der Waals surface area contributed by atoms with Crippen LogP contribution in [0.1, 0.15) is 6.92 Å². The van der Waals surface area contributed by atoms with Gasteiger partial charge < -0.3 is 0 Å². The van der Waals surface area contributed by atoms with Crippen LogP contribution < -0.4 is 10.6 Å². The van der Waals surface area contributed by atoms with E-state index in [0.717, 1.165) is 6.16 Å². The zero-order valence-corrected chi connectivity index (χ0v) is 11.3. The third kappa shape index (κ3) is 2.18. The first kappa shape index (κ1) is 12.1. The Balaban J connectivity index is 2.58. The molecule has 0 unspecified atom stereocenters. The molecule has 2 aromatic carbocycles. The first-order chi connectivity index (χ1) is 8.33. The summed E-state index contributed by atoms with van der Waals surface area (Å²) in [6.07, 6.45) is 1.16. The van der Waals surface area contributed by atoms with Crippen LogP contribution in [0.5, 0.6) is 0 Å². The normalized spacial score (nSPS) is 12.1. The second kappa shape index (κ2) is 5.29. The van der Waals surface area contributed by atoms with E-state index in [1.165, 1.54) is 10.6 Å². The minimum absolute atomic E-state index is 1.16. The summed E-state index contributed by atoms with van der Waals surface area (Å²) in [6, 6.07) is 21.6. The van der Waals surface area contributed by atoms with Crippen molar-refractivity contribution in [2.24, 2.45) is 0 Å². The van der Waals surface area contributed by atoms with Gasteiger partial charge in [0.25, 0.3) is 0 Å². The predicted molar refractivity (Wildman–Crippen MR) is 81.2 cm³/mol. The van der Waals surface area contributed by atoms with E-state index >= 15 is 0 Å². The molecule has 0 aliphatic heterocycles. The maximum atomic E-state index is 4.12. The molecule has 0 fully saturated rings. The Morgan fingerprint density at radius 1 is 0.882 bits per heavy atom. The van der Waals surface area contributed by atoms with Crippen molar-refractivity contribution in [3.63, 3.8) is 0 Å². The summed E-state index contributed by atoms with van der Waals surface area (Å²) in [4.78, 5) is 0.